The molecule has 0 amide bonds. The molecular weight excluding hydrogens is 216 g/mol. The molecule has 1 aromatic rings. The van der Waals surface area contributed by atoms with Gasteiger partial charge in [-0.1, -0.05) is 51.1 Å². The molecule has 16 heavy (non-hydrogen) atoms. The van der Waals surface area contributed by atoms with E-state index in [2.05, 4.69) is 58.0 Å². The quantitative estimate of drug-likeness (QED) is 0.647. The highest BCUT2D eigenvalue weighted by atomic mass is 35.5. The second-order valence-electron chi connectivity index (χ2n) is 5.19. The first kappa shape index (κ1) is 13.3. The maximum Gasteiger partial charge on any atom is 0.0258 e. The van der Waals surface area contributed by atoms with E-state index in [1.165, 1.54) is 16.7 Å². The van der Waals surface area contributed by atoms with Gasteiger partial charge in [0.25, 0.3) is 0 Å². The maximum atomic E-state index is 5.67. The van der Waals surface area contributed by atoms with Crippen LogP contribution in [0.5, 0.6) is 0 Å². The highest BCUT2D eigenvalue weighted by Gasteiger charge is 2.12. The van der Waals surface area contributed by atoms with Crippen molar-refractivity contribution in [2.24, 2.45) is 0 Å². The summed E-state index contributed by atoms with van der Waals surface area (Å²) >= 11 is 5.67. The van der Waals surface area contributed by atoms with Gasteiger partial charge < -0.3 is 0 Å². The van der Waals surface area contributed by atoms with Gasteiger partial charge >= 0.3 is 0 Å². The lowest BCUT2D eigenvalue weighted by Crippen LogP contribution is -2.10. The van der Waals surface area contributed by atoms with Crippen LogP contribution in [0.1, 0.15) is 45.2 Å². The second-order valence-corrected chi connectivity index (χ2v) is 5.57. The Morgan fingerprint density at radius 2 is 1.75 bits per heavy atom. The average Bonchev–Trinajstić information content (AvgIpc) is 2.25. The van der Waals surface area contributed by atoms with Gasteiger partial charge in [0.2, 0.25) is 0 Å². The van der Waals surface area contributed by atoms with Gasteiger partial charge in [0.1, 0.15) is 0 Å². The van der Waals surface area contributed by atoms with Crippen LogP contribution in [0.2, 0.25) is 0 Å². The molecule has 0 unspecified atom stereocenters. The molecule has 1 heteroatoms. The lowest BCUT2D eigenvalue weighted by molar-refractivity contribution is 0.590. The van der Waals surface area contributed by atoms with Crippen molar-refractivity contribution in [2.75, 3.05) is 5.88 Å². The molecule has 0 radical (unpaired) electrons. The minimum absolute atomic E-state index is 0.228. The zero-order valence-corrected chi connectivity index (χ0v) is 11.4. The molecule has 0 heterocycles. The summed E-state index contributed by atoms with van der Waals surface area (Å²) < 4.78 is 0. The van der Waals surface area contributed by atoms with Gasteiger partial charge in [0, 0.05) is 5.88 Å². The van der Waals surface area contributed by atoms with Gasteiger partial charge in [-0.25, -0.2) is 0 Å². The van der Waals surface area contributed by atoms with Crippen LogP contribution < -0.4 is 0 Å². The Morgan fingerprint density at radius 3 is 2.19 bits per heavy atom. The van der Waals surface area contributed by atoms with Crippen LogP contribution in [0.25, 0.3) is 5.57 Å². The summed E-state index contributed by atoms with van der Waals surface area (Å²) in [5.74, 6) is 0.692. The SMILES string of the molecule is CC(=CCCCl)c1ccc(C(C)(C)C)cc1. The summed E-state index contributed by atoms with van der Waals surface area (Å²) in [6.45, 7) is 8.84. The molecule has 0 aliphatic rings. The van der Waals surface area contributed by atoms with Crippen molar-refractivity contribution in [3.8, 4) is 0 Å². The molecule has 0 nitrogen and oxygen atoms in total. The number of alkyl halides is 1. The number of hydrogen-bond donors (Lipinski definition) is 0. The Labute approximate surface area is 104 Å². The molecule has 0 aromatic heterocycles. The van der Waals surface area contributed by atoms with E-state index >= 15 is 0 Å². The molecule has 0 bridgehead atoms. The first-order valence-corrected chi connectivity index (χ1v) is 6.32. The van der Waals surface area contributed by atoms with Crippen LogP contribution in [-0.2, 0) is 5.41 Å². The van der Waals surface area contributed by atoms with E-state index in [1.807, 2.05) is 0 Å². The standard InChI is InChI=1S/C15H21Cl/c1-12(6-5-11-16)13-7-9-14(10-8-13)15(2,3)4/h6-10H,5,11H2,1-4H3. The topological polar surface area (TPSA) is 0 Å². The predicted molar refractivity (Wildman–Crippen MR) is 74.1 cm³/mol. The first-order valence-electron chi connectivity index (χ1n) is 5.79. The zero-order valence-electron chi connectivity index (χ0n) is 10.7. The summed E-state index contributed by atoms with van der Waals surface area (Å²) in [5.41, 5.74) is 4.20. The fourth-order valence-corrected chi connectivity index (χ4v) is 1.73. The van der Waals surface area contributed by atoms with Crippen molar-refractivity contribution in [3.05, 3.63) is 41.5 Å². The minimum Gasteiger partial charge on any atom is -0.126 e. The molecule has 0 spiro atoms. The molecule has 0 N–H and O–H groups in total. The zero-order chi connectivity index (χ0) is 12.2. The first-order chi connectivity index (χ1) is 7.45. The van der Waals surface area contributed by atoms with Gasteiger partial charge in [0.15, 0.2) is 0 Å². The number of allylic oxidation sites excluding steroid dienone is 2. The van der Waals surface area contributed by atoms with Crippen molar-refractivity contribution >= 4 is 17.2 Å². The Hall–Kier alpha value is -0.750. The van der Waals surface area contributed by atoms with Gasteiger partial charge in [-0.05, 0) is 35.5 Å². The van der Waals surface area contributed by atoms with Crippen LogP contribution in [0.15, 0.2) is 30.3 Å². The minimum atomic E-state index is 0.228. The van der Waals surface area contributed by atoms with Gasteiger partial charge in [-0.2, -0.15) is 0 Å². The Bertz CT molecular complexity index is 352. The third-order valence-electron chi connectivity index (χ3n) is 2.77. The predicted octanol–water partition coefficient (Wildman–Crippen LogP) is 5.02. The normalized spacial score (nSPS) is 12.9. The Balaban J connectivity index is 2.87. The van der Waals surface area contributed by atoms with Crippen LogP contribution in [0.3, 0.4) is 0 Å². The lowest BCUT2D eigenvalue weighted by atomic mass is 9.86. The van der Waals surface area contributed by atoms with Crippen LogP contribution >= 0.6 is 11.6 Å². The van der Waals surface area contributed by atoms with E-state index in [1.54, 1.807) is 0 Å². The average molecular weight is 237 g/mol. The van der Waals surface area contributed by atoms with Crippen molar-refractivity contribution in [2.45, 2.75) is 39.5 Å². The fraction of sp³-hybridized carbons (Fsp3) is 0.467. The lowest BCUT2D eigenvalue weighted by Gasteiger charge is -2.19. The van der Waals surface area contributed by atoms with Gasteiger partial charge in [0.05, 0.1) is 0 Å². The molecular formula is C15H21Cl. The highest BCUT2D eigenvalue weighted by Crippen LogP contribution is 2.24. The second kappa shape index (κ2) is 5.54. The molecule has 1 aromatic carbocycles. The largest absolute Gasteiger partial charge is 0.126 e. The van der Waals surface area contributed by atoms with E-state index in [-0.39, 0.29) is 5.41 Å². The summed E-state index contributed by atoms with van der Waals surface area (Å²) in [4.78, 5) is 0. The van der Waals surface area contributed by atoms with E-state index < -0.39 is 0 Å². The van der Waals surface area contributed by atoms with Crippen molar-refractivity contribution in [1.29, 1.82) is 0 Å². The summed E-state index contributed by atoms with van der Waals surface area (Å²) in [5, 5.41) is 0. The number of halogens is 1. The van der Waals surface area contributed by atoms with E-state index in [4.69, 9.17) is 11.6 Å². The molecule has 1 rings (SSSR count). The molecule has 0 aliphatic carbocycles. The van der Waals surface area contributed by atoms with Crippen molar-refractivity contribution in [1.82, 2.24) is 0 Å². The summed E-state index contributed by atoms with van der Waals surface area (Å²) in [7, 11) is 0. The third-order valence-corrected chi connectivity index (χ3v) is 2.98. The maximum absolute atomic E-state index is 5.67. The van der Waals surface area contributed by atoms with Crippen molar-refractivity contribution in [3.63, 3.8) is 0 Å². The summed E-state index contributed by atoms with van der Waals surface area (Å²) in [6, 6.07) is 8.82. The molecule has 0 atom stereocenters. The Kier molecular flexibility index (Phi) is 4.61. The fourth-order valence-electron chi connectivity index (χ4n) is 1.62. The van der Waals surface area contributed by atoms with E-state index in [0.29, 0.717) is 5.88 Å². The third kappa shape index (κ3) is 3.68. The van der Waals surface area contributed by atoms with Crippen LogP contribution in [-0.4, -0.2) is 5.88 Å². The van der Waals surface area contributed by atoms with E-state index in [9.17, 15) is 0 Å². The monoisotopic (exact) mass is 236 g/mol. The molecule has 0 aliphatic heterocycles. The van der Waals surface area contributed by atoms with Crippen molar-refractivity contribution < 1.29 is 0 Å². The van der Waals surface area contributed by atoms with Crippen LogP contribution in [0, 0.1) is 0 Å². The smallest absolute Gasteiger partial charge is 0.0258 e. The Morgan fingerprint density at radius 1 is 1.19 bits per heavy atom. The summed E-state index contributed by atoms with van der Waals surface area (Å²) in [6.07, 6.45) is 3.13. The number of hydrogen-bond acceptors (Lipinski definition) is 0. The molecule has 0 saturated carbocycles. The molecule has 0 fully saturated rings. The molecule has 88 valence electrons. The number of rotatable bonds is 3. The van der Waals surface area contributed by atoms with Gasteiger partial charge in [-0.3, -0.25) is 0 Å². The molecule has 0 saturated heterocycles. The van der Waals surface area contributed by atoms with Gasteiger partial charge in [-0.15, -0.1) is 11.6 Å². The van der Waals surface area contributed by atoms with E-state index in [0.717, 1.165) is 6.42 Å². The van der Waals surface area contributed by atoms with Crippen LogP contribution in [0.4, 0.5) is 0 Å². The number of benzene rings is 1. The highest BCUT2D eigenvalue weighted by molar-refractivity contribution is 6.17.